The Kier molecular flexibility index (Phi) is 6.41. The summed E-state index contributed by atoms with van der Waals surface area (Å²) >= 11 is 0. The zero-order valence-corrected chi connectivity index (χ0v) is 20.1. The zero-order valence-electron chi connectivity index (χ0n) is 20.1. The third-order valence-electron chi connectivity index (χ3n) is 5.66. The highest BCUT2D eigenvalue weighted by atomic mass is 19.1. The maximum Gasteiger partial charge on any atom is 0.349 e. The number of rotatable bonds is 5. The third kappa shape index (κ3) is 4.35. The van der Waals surface area contributed by atoms with E-state index >= 15 is 0 Å². The standard InChI is InChI=1S/C26H24F2N4O4/c1-5-34-18-11-13(9-10-17(18)35-25(33)20-15(27)7-6-8-16(20)28)19-14(12-29)23(30)36-24-21(19)22(31-32-24)26(2,3)4/h6-11,19H,5,30H2,1-4H3,(H,31,32). The van der Waals surface area contributed by atoms with Crippen LogP contribution in [0.3, 0.4) is 0 Å². The summed E-state index contributed by atoms with van der Waals surface area (Å²) in [4.78, 5) is 12.6. The number of fused-ring (bicyclic) bond motifs is 1. The predicted molar refractivity (Wildman–Crippen MR) is 126 cm³/mol. The van der Waals surface area contributed by atoms with Gasteiger partial charge in [-0.05, 0) is 36.8 Å². The van der Waals surface area contributed by atoms with E-state index in [9.17, 15) is 18.8 Å². The smallest absolute Gasteiger partial charge is 0.349 e. The van der Waals surface area contributed by atoms with Crippen LogP contribution in [-0.2, 0) is 5.41 Å². The molecule has 0 saturated heterocycles. The third-order valence-corrected chi connectivity index (χ3v) is 5.66. The largest absolute Gasteiger partial charge is 0.490 e. The quantitative estimate of drug-likeness (QED) is 0.385. The van der Waals surface area contributed by atoms with Gasteiger partial charge >= 0.3 is 5.97 Å². The minimum absolute atomic E-state index is 0.0424. The van der Waals surface area contributed by atoms with Crippen LogP contribution >= 0.6 is 0 Å². The van der Waals surface area contributed by atoms with Gasteiger partial charge < -0.3 is 19.9 Å². The number of aromatic amines is 1. The summed E-state index contributed by atoms with van der Waals surface area (Å²) in [5.74, 6) is -3.67. The molecule has 3 aromatic rings. The number of halogens is 2. The fourth-order valence-corrected chi connectivity index (χ4v) is 4.05. The molecule has 3 N–H and O–H groups in total. The molecule has 8 nitrogen and oxygen atoms in total. The summed E-state index contributed by atoms with van der Waals surface area (Å²) in [6.45, 7) is 7.90. The van der Waals surface area contributed by atoms with E-state index in [4.69, 9.17) is 19.9 Å². The molecule has 2 aromatic carbocycles. The Morgan fingerprint density at radius 3 is 2.53 bits per heavy atom. The number of nitrogens with one attached hydrogen (secondary N) is 1. The van der Waals surface area contributed by atoms with Crippen LogP contribution in [-0.4, -0.2) is 22.8 Å². The number of nitriles is 1. The fraction of sp³-hybridized carbons (Fsp3) is 0.269. The van der Waals surface area contributed by atoms with E-state index in [1.165, 1.54) is 6.07 Å². The first kappa shape index (κ1) is 24.7. The molecule has 1 aliphatic rings. The number of hydrogen-bond acceptors (Lipinski definition) is 7. The molecular formula is C26H24F2N4O4. The lowest BCUT2D eigenvalue weighted by atomic mass is 9.79. The second kappa shape index (κ2) is 9.34. The lowest BCUT2D eigenvalue weighted by molar-refractivity contribution is 0.0718. The van der Waals surface area contributed by atoms with E-state index in [0.717, 1.165) is 23.9 Å². The van der Waals surface area contributed by atoms with Crippen molar-refractivity contribution in [2.45, 2.75) is 39.0 Å². The van der Waals surface area contributed by atoms with Gasteiger partial charge in [0, 0.05) is 11.1 Å². The minimum atomic E-state index is -1.21. The molecule has 1 atom stereocenters. The molecule has 1 aromatic heterocycles. The monoisotopic (exact) mass is 494 g/mol. The lowest BCUT2D eigenvalue weighted by Gasteiger charge is -2.27. The van der Waals surface area contributed by atoms with Crippen LogP contribution < -0.4 is 19.9 Å². The maximum absolute atomic E-state index is 14.1. The van der Waals surface area contributed by atoms with Crippen LogP contribution in [0.5, 0.6) is 17.4 Å². The lowest BCUT2D eigenvalue weighted by Crippen LogP contribution is -2.24. The molecule has 0 aliphatic carbocycles. The highest BCUT2D eigenvalue weighted by Crippen LogP contribution is 2.47. The van der Waals surface area contributed by atoms with Gasteiger partial charge in [-0.15, -0.1) is 5.10 Å². The van der Waals surface area contributed by atoms with Crippen LogP contribution in [0.2, 0.25) is 0 Å². The van der Waals surface area contributed by atoms with Gasteiger partial charge in [0.15, 0.2) is 11.5 Å². The average molecular weight is 494 g/mol. The minimum Gasteiger partial charge on any atom is -0.490 e. The van der Waals surface area contributed by atoms with E-state index in [2.05, 4.69) is 16.3 Å². The Labute approximate surface area is 206 Å². The van der Waals surface area contributed by atoms with Crippen LogP contribution in [0.15, 0.2) is 47.9 Å². The Bertz CT molecular complexity index is 1400. The van der Waals surface area contributed by atoms with Crippen molar-refractivity contribution in [2.75, 3.05) is 6.61 Å². The van der Waals surface area contributed by atoms with Gasteiger partial charge in [-0.25, -0.2) is 13.6 Å². The number of ether oxygens (including phenoxy) is 3. The summed E-state index contributed by atoms with van der Waals surface area (Å²) in [5.41, 5.74) is 7.04. The first-order valence-corrected chi connectivity index (χ1v) is 11.2. The summed E-state index contributed by atoms with van der Waals surface area (Å²) < 4.78 is 44.8. The van der Waals surface area contributed by atoms with Crippen molar-refractivity contribution in [1.82, 2.24) is 10.2 Å². The SMILES string of the molecule is CCOc1cc(C2C(C#N)=C(N)Oc3n[nH]c(C(C)(C)C)c32)ccc1OC(=O)c1c(F)cccc1F. The van der Waals surface area contributed by atoms with Gasteiger partial charge in [0.25, 0.3) is 0 Å². The molecule has 1 unspecified atom stereocenters. The Morgan fingerprint density at radius 1 is 1.22 bits per heavy atom. The van der Waals surface area contributed by atoms with E-state index < -0.39 is 29.1 Å². The molecule has 0 fully saturated rings. The molecule has 0 radical (unpaired) electrons. The normalized spacial score (nSPS) is 15.1. The molecule has 1 aliphatic heterocycles. The highest BCUT2D eigenvalue weighted by molar-refractivity contribution is 5.92. The van der Waals surface area contributed by atoms with Gasteiger partial charge in [0.2, 0.25) is 11.8 Å². The second-order valence-electron chi connectivity index (χ2n) is 9.12. The number of carbonyl (C=O) groups is 1. The van der Waals surface area contributed by atoms with Crippen LogP contribution in [0, 0.1) is 23.0 Å². The van der Waals surface area contributed by atoms with E-state index in [-0.39, 0.29) is 40.9 Å². The molecular weight excluding hydrogens is 470 g/mol. The summed E-state index contributed by atoms with van der Waals surface area (Å²) in [5, 5.41) is 17.1. The van der Waals surface area contributed by atoms with E-state index in [0.29, 0.717) is 11.1 Å². The number of carbonyl (C=O) groups excluding carboxylic acids is 1. The number of benzene rings is 2. The average Bonchev–Trinajstić information content (AvgIpc) is 3.23. The number of aromatic nitrogens is 2. The Balaban J connectivity index is 1.81. The van der Waals surface area contributed by atoms with Crippen LogP contribution in [0.1, 0.15) is 60.8 Å². The highest BCUT2D eigenvalue weighted by Gasteiger charge is 2.38. The molecule has 0 amide bonds. The second-order valence-corrected chi connectivity index (χ2v) is 9.12. The molecule has 2 heterocycles. The van der Waals surface area contributed by atoms with Crippen molar-refractivity contribution in [2.24, 2.45) is 5.73 Å². The van der Waals surface area contributed by atoms with Crippen LogP contribution in [0.25, 0.3) is 0 Å². The van der Waals surface area contributed by atoms with E-state index in [1.54, 1.807) is 19.1 Å². The predicted octanol–water partition coefficient (Wildman–Crippen LogP) is 4.82. The Morgan fingerprint density at radius 2 is 1.92 bits per heavy atom. The molecule has 4 rings (SSSR count). The molecule has 36 heavy (non-hydrogen) atoms. The molecule has 0 saturated carbocycles. The number of nitrogens with zero attached hydrogens (tertiary/aromatic N) is 2. The molecule has 0 spiro atoms. The number of allylic oxidation sites excluding steroid dienone is 1. The number of nitrogens with two attached hydrogens (primary N) is 1. The van der Waals surface area contributed by atoms with Gasteiger partial charge in [-0.2, -0.15) is 5.26 Å². The fourth-order valence-electron chi connectivity index (χ4n) is 4.05. The number of H-pyrrole nitrogens is 1. The molecule has 0 bridgehead atoms. The molecule has 10 heteroatoms. The topological polar surface area (TPSA) is 123 Å². The van der Waals surface area contributed by atoms with E-state index in [1.807, 2.05) is 20.8 Å². The van der Waals surface area contributed by atoms with Gasteiger partial charge in [-0.3, -0.25) is 5.10 Å². The summed E-state index contributed by atoms with van der Waals surface area (Å²) in [7, 11) is 0. The number of hydrogen-bond donors (Lipinski definition) is 2. The van der Waals surface area contributed by atoms with Crippen molar-refractivity contribution >= 4 is 5.97 Å². The van der Waals surface area contributed by atoms with Gasteiger partial charge in [0.05, 0.1) is 18.1 Å². The van der Waals surface area contributed by atoms with Crippen molar-refractivity contribution < 1.29 is 27.8 Å². The molecule has 186 valence electrons. The summed E-state index contributed by atoms with van der Waals surface area (Å²) in [6.07, 6.45) is 0. The van der Waals surface area contributed by atoms with Crippen molar-refractivity contribution in [3.63, 3.8) is 0 Å². The zero-order chi connectivity index (χ0) is 26.2. The Hall–Kier alpha value is -4.39. The first-order chi connectivity index (χ1) is 17.1. The van der Waals surface area contributed by atoms with Crippen molar-refractivity contribution in [1.29, 1.82) is 5.26 Å². The van der Waals surface area contributed by atoms with Gasteiger partial charge in [0.1, 0.15) is 28.8 Å². The number of esters is 1. The van der Waals surface area contributed by atoms with Gasteiger partial charge in [-0.1, -0.05) is 32.9 Å². The van der Waals surface area contributed by atoms with Crippen molar-refractivity contribution in [3.05, 3.63) is 81.9 Å². The van der Waals surface area contributed by atoms with Crippen molar-refractivity contribution in [3.8, 4) is 23.4 Å². The maximum atomic E-state index is 14.1. The van der Waals surface area contributed by atoms with Crippen LogP contribution in [0.4, 0.5) is 8.78 Å². The summed E-state index contributed by atoms with van der Waals surface area (Å²) in [6, 6.07) is 9.85. The first-order valence-electron chi connectivity index (χ1n) is 11.2.